The van der Waals surface area contributed by atoms with E-state index in [2.05, 4.69) is 16.8 Å². The highest BCUT2D eigenvalue weighted by atomic mass is 16.5. The zero-order valence-electron chi connectivity index (χ0n) is 12.0. The Bertz CT molecular complexity index is 311. The number of carboxylic acid groups (broad SMARTS) is 1. The fourth-order valence-corrected chi connectivity index (χ4v) is 3.24. The Hall–Kier alpha value is -0.650. The van der Waals surface area contributed by atoms with Crippen molar-refractivity contribution in [2.24, 2.45) is 5.92 Å². The molecule has 1 N–H and O–H groups in total. The molecular weight excluding hydrogens is 244 g/mol. The van der Waals surface area contributed by atoms with E-state index in [9.17, 15) is 9.90 Å². The third kappa shape index (κ3) is 3.68. The molecule has 2 fully saturated rings. The molecule has 0 amide bonds. The van der Waals surface area contributed by atoms with Gasteiger partial charge in [0.25, 0.3) is 0 Å². The van der Waals surface area contributed by atoms with E-state index in [1.165, 1.54) is 25.8 Å². The molecule has 0 spiro atoms. The maximum Gasteiger partial charge on any atom is 0.310 e. The van der Waals surface area contributed by atoms with Gasteiger partial charge in [-0.2, -0.15) is 0 Å². The fourth-order valence-electron chi connectivity index (χ4n) is 3.24. The summed E-state index contributed by atoms with van der Waals surface area (Å²) in [6.45, 7) is 3.05. The van der Waals surface area contributed by atoms with Gasteiger partial charge in [-0.15, -0.1) is 0 Å². The summed E-state index contributed by atoms with van der Waals surface area (Å²) < 4.78 is 5.33. The highest BCUT2D eigenvalue weighted by Gasteiger charge is 2.36. The first kappa shape index (κ1) is 14.8. The van der Waals surface area contributed by atoms with Gasteiger partial charge in [0.05, 0.1) is 19.1 Å². The largest absolute Gasteiger partial charge is 0.481 e. The van der Waals surface area contributed by atoms with Gasteiger partial charge < -0.3 is 19.6 Å². The van der Waals surface area contributed by atoms with Crippen LogP contribution in [0.3, 0.4) is 0 Å². The second-order valence-electron chi connectivity index (χ2n) is 5.95. The molecule has 0 saturated carbocycles. The van der Waals surface area contributed by atoms with Gasteiger partial charge >= 0.3 is 5.97 Å². The maximum atomic E-state index is 11.2. The van der Waals surface area contributed by atoms with Crippen molar-refractivity contribution in [3.63, 3.8) is 0 Å². The molecule has 19 heavy (non-hydrogen) atoms. The van der Waals surface area contributed by atoms with Crippen LogP contribution >= 0.6 is 0 Å². The average Bonchev–Trinajstić information content (AvgIpc) is 2.87. The van der Waals surface area contributed by atoms with E-state index in [4.69, 9.17) is 4.74 Å². The van der Waals surface area contributed by atoms with Gasteiger partial charge in [0, 0.05) is 12.1 Å². The Morgan fingerprint density at radius 2 is 2.21 bits per heavy atom. The van der Waals surface area contributed by atoms with Gasteiger partial charge in [0.15, 0.2) is 0 Å². The lowest BCUT2D eigenvalue weighted by Crippen LogP contribution is -2.44. The predicted molar refractivity (Wildman–Crippen MR) is 73.2 cm³/mol. The van der Waals surface area contributed by atoms with Gasteiger partial charge in [-0.1, -0.05) is 6.42 Å². The van der Waals surface area contributed by atoms with Crippen LogP contribution in [0.1, 0.15) is 25.7 Å². The number of hydrogen-bond donors (Lipinski definition) is 1. The standard InChI is InChI=1S/C14H26N2O3/c1-15-7-4-3-5-11(15)6-8-16(2)13-10-19-9-12(13)14(17)18/h11-13H,3-10H2,1-2H3,(H,17,18). The Kier molecular flexibility index (Phi) is 5.19. The first-order chi connectivity index (χ1) is 9.09. The molecule has 0 aromatic heterocycles. The number of hydrogen-bond acceptors (Lipinski definition) is 4. The average molecular weight is 270 g/mol. The van der Waals surface area contributed by atoms with Gasteiger partial charge in [-0.05, 0) is 46.4 Å². The van der Waals surface area contributed by atoms with Crippen molar-refractivity contribution in [3.05, 3.63) is 0 Å². The van der Waals surface area contributed by atoms with Crippen molar-refractivity contribution in [2.75, 3.05) is 40.4 Å². The SMILES string of the molecule is CN1CCCCC1CCN(C)C1COCC1C(=O)O. The van der Waals surface area contributed by atoms with Gasteiger partial charge in [-0.25, -0.2) is 0 Å². The number of ether oxygens (including phenoxy) is 1. The van der Waals surface area contributed by atoms with Crippen LogP contribution in [0.25, 0.3) is 0 Å². The Labute approximate surface area is 115 Å². The quantitative estimate of drug-likeness (QED) is 0.804. The number of likely N-dealkylation sites (N-methyl/N-ethyl adjacent to an activating group) is 1. The van der Waals surface area contributed by atoms with Crippen LogP contribution in [0.2, 0.25) is 0 Å². The molecule has 0 aromatic carbocycles. The van der Waals surface area contributed by atoms with Crippen LogP contribution < -0.4 is 0 Å². The number of piperidine rings is 1. The highest BCUT2D eigenvalue weighted by molar-refractivity contribution is 5.71. The number of aliphatic carboxylic acids is 1. The molecule has 0 bridgehead atoms. The van der Waals surface area contributed by atoms with Crippen LogP contribution in [0.4, 0.5) is 0 Å². The molecule has 5 nitrogen and oxygen atoms in total. The minimum atomic E-state index is -0.732. The molecule has 2 rings (SSSR count). The summed E-state index contributed by atoms with van der Waals surface area (Å²) in [4.78, 5) is 15.8. The van der Waals surface area contributed by atoms with E-state index in [0.29, 0.717) is 19.3 Å². The molecule has 5 heteroatoms. The highest BCUT2D eigenvalue weighted by Crippen LogP contribution is 2.22. The number of rotatable bonds is 5. The van der Waals surface area contributed by atoms with E-state index >= 15 is 0 Å². The summed E-state index contributed by atoms with van der Waals surface area (Å²) in [6, 6.07) is 0.688. The second-order valence-corrected chi connectivity index (χ2v) is 5.95. The number of likely N-dealkylation sites (tertiary alicyclic amines) is 1. The van der Waals surface area contributed by atoms with Crippen LogP contribution in [0.5, 0.6) is 0 Å². The van der Waals surface area contributed by atoms with Crippen molar-refractivity contribution in [3.8, 4) is 0 Å². The Morgan fingerprint density at radius 1 is 1.42 bits per heavy atom. The van der Waals surface area contributed by atoms with E-state index in [1.54, 1.807) is 0 Å². The molecular formula is C14H26N2O3. The topological polar surface area (TPSA) is 53.0 Å². The van der Waals surface area contributed by atoms with Crippen LogP contribution in [-0.4, -0.2) is 73.4 Å². The normalized spacial score (nSPS) is 32.9. The summed E-state index contributed by atoms with van der Waals surface area (Å²) in [7, 11) is 4.22. The van der Waals surface area contributed by atoms with Crippen LogP contribution in [0, 0.1) is 5.92 Å². The summed E-state index contributed by atoms with van der Waals surface area (Å²) in [5.74, 6) is -1.10. The molecule has 110 valence electrons. The molecule has 0 aromatic rings. The van der Waals surface area contributed by atoms with E-state index in [-0.39, 0.29) is 12.0 Å². The smallest absolute Gasteiger partial charge is 0.310 e. The van der Waals surface area contributed by atoms with Crippen molar-refractivity contribution in [1.29, 1.82) is 0 Å². The number of carbonyl (C=O) groups is 1. The summed E-state index contributed by atoms with van der Waals surface area (Å²) in [6.07, 6.45) is 5.02. The molecule has 2 heterocycles. The molecule has 0 radical (unpaired) electrons. The van der Waals surface area contributed by atoms with Crippen LogP contribution in [0.15, 0.2) is 0 Å². The number of carboxylic acids is 1. The van der Waals surface area contributed by atoms with Crippen molar-refractivity contribution < 1.29 is 14.6 Å². The first-order valence-electron chi connectivity index (χ1n) is 7.30. The summed E-state index contributed by atoms with van der Waals surface area (Å²) >= 11 is 0. The molecule has 2 aliphatic heterocycles. The predicted octanol–water partition coefficient (Wildman–Crippen LogP) is 0.892. The third-order valence-corrected chi connectivity index (χ3v) is 4.67. The Morgan fingerprint density at radius 3 is 2.89 bits per heavy atom. The van der Waals surface area contributed by atoms with Crippen molar-refractivity contribution in [1.82, 2.24) is 9.80 Å². The first-order valence-corrected chi connectivity index (χ1v) is 7.30. The molecule has 3 atom stereocenters. The van der Waals surface area contributed by atoms with E-state index in [1.807, 2.05) is 7.05 Å². The maximum absolute atomic E-state index is 11.2. The monoisotopic (exact) mass is 270 g/mol. The lowest BCUT2D eigenvalue weighted by molar-refractivity contribution is -0.143. The molecule has 2 aliphatic rings. The summed E-state index contributed by atoms with van der Waals surface area (Å²) in [5.41, 5.74) is 0. The Balaban J connectivity index is 1.80. The van der Waals surface area contributed by atoms with Gasteiger partial charge in [0.2, 0.25) is 0 Å². The lowest BCUT2D eigenvalue weighted by atomic mass is 9.98. The minimum absolute atomic E-state index is 0.0337. The van der Waals surface area contributed by atoms with E-state index < -0.39 is 5.97 Å². The zero-order valence-corrected chi connectivity index (χ0v) is 12.0. The van der Waals surface area contributed by atoms with Crippen LogP contribution in [-0.2, 0) is 9.53 Å². The molecule has 2 saturated heterocycles. The zero-order chi connectivity index (χ0) is 13.8. The third-order valence-electron chi connectivity index (χ3n) is 4.67. The van der Waals surface area contributed by atoms with Crippen molar-refractivity contribution >= 4 is 5.97 Å². The lowest BCUT2D eigenvalue weighted by Gasteiger charge is -2.34. The second kappa shape index (κ2) is 6.68. The van der Waals surface area contributed by atoms with Gasteiger partial charge in [-0.3, -0.25) is 4.79 Å². The number of nitrogens with zero attached hydrogens (tertiary/aromatic N) is 2. The fraction of sp³-hybridized carbons (Fsp3) is 0.929. The van der Waals surface area contributed by atoms with Crippen molar-refractivity contribution in [2.45, 2.75) is 37.8 Å². The minimum Gasteiger partial charge on any atom is -0.481 e. The van der Waals surface area contributed by atoms with E-state index in [0.717, 1.165) is 13.0 Å². The molecule has 3 unspecified atom stereocenters. The summed E-state index contributed by atoms with van der Waals surface area (Å²) in [5, 5.41) is 9.18. The van der Waals surface area contributed by atoms with Gasteiger partial charge in [0.1, 0.15) is 0 Å². The molecule has 0 aliphatic carbocycles.